The Hall–Kier alpha value is 0.370. The highest BCUT2D eigenvalue weighted by Gasteiger charge is 2.29. The molecule has 0 aromatic heterocycles. The minimum Gasteiger partial charge on any atom is -0.298 e. The molecule has 0 aromatic rings. The summed E-state index contributed by atoms with van der Waals surface area (Å²) in [4.78, 5) is 11.7. The van der Waals surface area contributed by atoms with Gasteiger partial charge in [-0.05, 0) is 12.8 Å². The number of rotatable bonds is 4. The molecule has 0 radical (unpaired) electrons. The highest BCUT2D eigenvalue weighted by Crippen LogP contribution is 2.34. The lowest BCUT2D eigenvalue weighted by molar-refractivity contribution is -0.118. The molecule has 1 fully saturated rings. The first-order valence-electron chi connectivity index (χ1n) is 5.05. The molecule has 0 aromatic carbocycles. The van der Waals surface area contributed by atoms with Gasteiger partial charge in [-0.15, -0.1) is 11.8 Å². The second-order valence-corrected chi connectivity index (χ2v) is 5.92. The van der Waals surface area contributed by atoms with Crippen molar-refractivity contribution in [3.05, 3.63) is 0 Å². The lowest BCUT2D eigenvalue weighted by Crippen LogP contribution is -2.32. The highest BCUT2D eigenvalue weighted by molar-refractivity contribution is 8.07. The fraction of sp³-hybridized carbons (Fsp3) is 0.900. The molecule has 0 spiro atoms. The topological polar surface area (TPSA) is 17.1 Å². The summed E-state index contributed by atoms with van der Waals surface area (Å²) in [5, 5.41) is 0.876. The number of hydrogen-bond acceptors (Lipinski definition) is 3. The van der Waals surface area contributed by atoms with Crippen molar-refractivity contribution in [2.24, 2.45) is 0 Å². The Balaban J connectivity index is 2.48. The third-order valence-corrected chi connectivity index (χ3v) is 5.56. The SMILES string of the molecule is CCCC(=O)C1SCCSC1CC. The van der Waals surface area contributed by atoms with Crippen molar-refractivity contribution < 1.29 is 4.79 Å². The average Bonchev–Trinajstić information content (AvgIpc) is 2.18. The smallest absolute Gasteiger partial charge is 0.146 e. The zero-order valence-corrected chi connectivity index (χ0v) is 10.0. The van der Waals surface area contributed by atoms with Crippen LogP contribution in [0.1, 0.15) is 33.1 Å². The second-order valence-electron chi connectivity index (χ2n) is 3.33. The van der Waals surface area contributed by atoms with Crippen LogP contribution in [0.25, 0.3) is 0 Å². The van der Waals surface area contributed by atoms with Crippen molar-refractivity contribution in [1.82, 2.24) is 0 Å². The van der Waals surface area contributed by atoms with Gasteiger partial charge in [-0.1, -0.05) is 13.8 Å². The van der Waals surface area contributed by atoms with Gasteiger partial charge < -0.3 is 0 Å². The molecule has 1 saturated heterocycles. The van der Waals surface area contributed by atoms with Crippen molar-refractivity contribution >= 4 is 29.3 Å². The minimum atomic E-state index is 0.295. The third-order valence-electron chi connectivity index (χ3n) is 2.27. The molecule has 1 aliphatic rings. The molecular formula is C10H18OS2. The Bertz CT molecular complexity index is 170. The van der Waals surface area contributed by atoms with Gasteiger partial charge in [0.15, 0.2) is 0 Å². The standard InChI is InChI=1S/C10H18OS2/c1-3-5-8(11)10-9(4-2)12-6-7-13-10/h9-10H,3-7H2,1-2H3. The summed E-state index contributed by atoms with van der Waals surface area (Å²) in [6.45, 7) is 4.27. The fourth-order valence-corrected chi connectivity index (χ4v) is 4.66. The fourth-order valence-electron chi connectivity index (χ4n) is 1.59. The summed E-state index contributed by atoms with van der Waals surface area (Å²) in [5.41, 5.74) is 0. The third kappa shape index (κ3) is 3.21. The first-order chi connectivity index (χ1) is 6.29. The summed E-state index contributed by atoms with van der Waals surface area (Å²) in [7, 11) is 0. The number of carbonyl (C=O) groups excluding carboxylic acids is 1. The normalized spacial score (nSPS) is 28.8. The zero-order valence-electron chi connectivity index (χ0n) is 8.41. The van der Waals surface area contributed by atoms with Crippen LogP contribution in [0, 0.1) is 0 Å². The van der Waals surface area contributed by atoms with Crippen LogP contribution in [0.15, 0.2) is 0 Å². The van der Waals surface area contributed by atoms with Crippen LogP contribution in [0.4, 0.5) is 0 Å². The van der Waals surface area contributed by atoms with Crippen LogP contribution >= 0.6 is 23.5 Å². The van der Waals surface area contributed by atoms with E-state index in [0.29, 0.717) is 16.3 Å². The Labute approximate surface area is 89.4 Å². The molecule has 76 valence electrons. The lowest BCUT2D eigenvalue weighted by atomic mass is 10.1. The summed E-state index contributed by atoms with van der Waals surface area (Å²) >= 11 is 3.86. The predicted octanol–water partition coefficient (Wildman–Crippen LogP) is 2.98. The van der Waals surface area contributed by atoms with E-state index in [-0.39, 0.29) is 0 Å². The first kappa shape index (κ1) is 11.4. The van der Waals surface area contributed by atoms with Crippen LogP contribution in [0.2, 0.25) is 0 Å². The Morgan fingerprint density at radius 3 is 2.62 bits per heavy atom. The van der Waals surface area contributed by atoms with Gasteiger partial charge in [0.2, 0.25) is 0 Å². The van der Waals surface area contributed by atoms with Gasteiger partial charge in [0, 0.05) is 23.2 Å². The first-order valence-corrected chi connectivity index (χ1v) is 7.15. The molecule has 1 nitrogen and oxygen atoms in total. The Kier molecular flexibility index (Phi) is 5.25. The van der Waals surface area contributed by atoms with E-state index in [0.717, 1.165) is 25.0 Å². The summed E-state index contributed by atoms with van der Waals surface area (Å²) in [5.74, 6) is 2.85. The molecule has 1 heterocycles. The van der Waals surface area contributed by atoms with Crippen LogP contribution in [0.3, 0.4) is 0 Å². The maximum atomic E-state index is 11.7. The van der Waals surface area contributed by atoms with Crippen LogP contribution in [-0.4, -0.2) is 27.8 Å². The van der Waals surface area contributed by atoms with E-state index in [4.69, 9.17) is 0 Å². The van der Waals surface area contributed by atoms with Crippen molar-refractivity contribution in [2.75, 3.05) is 11.5 Å². The summed E-state index contributed by atoms with van der Waals surface area (Å²) < 4.78 is 0. The Morgan fingerprint density at radius 1 is 1.31 bits per heavy atom. The average molecular weight is 218 g/mol. The van der Waals surface area contributed by atoms with Gasteiger partial charge in [-0.3, -0.25) is 4.79 Å². The van der Waals surface area contributed by atoms with Crippen molar-refractivity contribution in [2.45, 2.75) is 43.6 Å². The van der Waals surface area contributed by atoms with Crippen molar-refractivity contribution in [1.29, 1.82) is 0 Å². The molecule has 0 saturated carbocycles. The molecule has 0 N–H and O–H groups in total. The molecule has 1 rings (SSSR count). The predicted molar refractivity (Wildman–Crippen MR) is 62.7 cm³/mol. The number of ketones is 1. The van der Waals surface area contributed by atoms with Gasteiger partial charge in [-0.25, -0.2) is 0 Å². The quantitative estimate of drug-likeness (QED) is 0.722. The van der Waals surface area contributed by atoms with Crippen molar-refractivity contribution in [3.8, 4) is 0 Å². The number of Topliss-reactive ketones (excluding diaryl/α,β-unsaturated/α-hetero) is 1. The van der Waals surface area contributed by atoms with Crippen LogP contribution < -0.4 is 0 Å². The molecule has 2 atom stereocenters. The van der Waals surface area contributed by atoms with Gasteiger partial charge >= 0.3 is 0 Å². The molecular weight excluding hydrogens is 200 g/mol. The van der Waals surface area contributed by atoms with Gasteiger partial charge in [0.05, 0.1) is 5.25 Å². The van der Waals surface area contributed by atoms with E-state index in [2.05, 4.69) is 13.8 Å². The van der Waals surface area contributed by atoms with Crippen LogP contribution in [-0.2, 0) is 4.79 Å². The lowest BCUT2D eigenvalue weighted by Gasteiger charge is -2.28. The Morgan fingerprint density at radius 2 is 2.00 bits per heavy atom. The van der Waals surface area contributed by atoms with E-state index in [1.54, 1.807) is 0 Å². The molecule has 3 heteroatoms. The molecule has 2 unspecified atom stereocenters. The second kappa shape index (κ2) is 5.97. The molecule has 0 amide bonds. The summed E-state index contributed by atoms with van der Waals surface area (Å²) in [6, 6.07) is 0. The van der Waals surface area contributed by atoms with E-state index in [1.807, 2.05) is 23.5 Å². The highest BCUT2D eigenvalue weighted by atomic mass is 32.2. The van der Waals surface area contributed by atoms with E-state index < -0.39 is 0 Å². The number of thioether (sulfide) groups is 2. The maximum absolute atomic E-state index is 11.7. The number of carbonyl (C=O) groups is 1. The summed E-state index contributed by atoms with van der Waals surface area (Å²) in [6.07, 6.45) is 2.91. The molecule has 1 aliphatic heterocycles. The number of hydrogen-bond donors (Lipinski definition) is 0. The van der Waals surface area contributed by atoms with Gasteiger partial charge in [0.25, 0.3) is 0 Å². The van der Waals surface area contributed by atoms with E-state index in [1.165, 1.54) is 5.75 Å². The maximum Gasteiger partial charge on any atom is 0.146 e. The zero-order chi connectivity index (χ0) is 9.68. The van der Waals surface area contributed by atoms with E-state index >= 15 is 0 Å². The largest absolute Gasteiger partial charge is 0.298 e. The van der Waals surface area contributed by atoms with E-state index in [9.17, 15) is 4.79 Å². The molecule has 0 aliphatic carbocycles. The van der Waals surface area contributed by atoms with Gasteiger partial charge in [-0.2, -0.15) is 11.8 Å². The molecule has 13 heavy (non-hydrogen) atoms. The van der Waals surface area contributed by atoms with Crippen molar-refractivity contribution in [3.63, 3.8) is 0 Å². The monoisotopic (exact) mass is 218 g/mol. The van der Waals surface area contributed by atoms with Gasteiger partial charge in [0.1, 0.15) is 5.78 Å². The van der Waals surface area contributed by atoms with Crippen LogP contribution in [0.5, 0.6) is 0 Å². The molecule has 0 bridgehead atoms. The minimum absolute atomic E-state index is 0.295.